The smallest absolute Gasteiger partial charge is 0.119 e. The first kappa shape index (κ1) is 13.4. The topological polar surface area (TPSA) is 35.2 Å². The second-order valence-electron chi connectivity index (χ2n) is 6.02. The van der Waals surface area contributed by atoms with Gasteiger partial charge in [0, 0.05) is 6.04 Å². The van der Waals surface area contributed by atoms with Gasteiger partial charge in [0.1, 0.15) is 5.75 Å². The van der Waals surface area contributed by atoms with Crippen molar-refractivity contribution in [2.75, 3.05) is 0 Å². The van der Waals surface area contributed by atoms with Crippen molar-refractivity contribution in [3.05, 3.63) is 29.8 Å². The van der Waals surface area contributed by atoms with Crippen LogP contribution in [0.1, 0.15) is 51.6 Å². The molecular formula is C16H25NO. The lowest BCUT2D eigenvalue weighted by Gasteiger charge is -2.31. The molecule has 0 radical (unpaired) electrons. The molecule has 1 saturated carbocycles. The predicted octanol–water partition coefficient (Wildman–Crippen LogP) is 3.91. The summed E-state index contributed by atoms with van der Waals surface area (Å²) in [6, 6.07) is 8.31. The Balaban J connectivity index is 1.96. The zero-order valence-corrected chi connectivity index (χ0v) is 11.7. The Morgan fingerprint density at radius 3 is 2.11 bits per heavy atom. The van der Waals surface area contributed by atoms with Crippen LogP contribution in [-0.4, -0.2) is 6.10 Å². The Kier molecular flexibility index (Phi) is 4.28. The standard InChI is InChI=1S/C16H25NO/c1-11-8-12(2)10-16(9-11)18-15-6-4-14(5-7-15)13(3)17/h4-7,11-13,16H,8-10,17H2,1-3H3/t11?,12?,13-,16?/m0/s1. The molecule has 1 aromatic rings. The summed E-state index contributed by atoms with van der Waals surface area (Å²) in [5.41, 5.74) is 7.00. The zero-order valence-electron chi connectivity index (χ0n) is 11.7. The van der Waals surface area contributed by atoms with Crippen LogP contribution < -0.4 is 10.5 Å². The summed E-state index contributed by atoms with van der Waals surface area (Å²) in [4.78, 5) is 0. The summed E-state index contributed by atoms with van der Waals surface area (Å²) in [6.07, 6.45) is 4.08. The van der Waals surface area contributed by atoms with Crippen LogP contribution in [0.15, 0.2) is 24.3 Å². The molecule has 0 aliphatic heterocycles. The fourth-order valence-electron chi connectivity index (χ4n) is 3.01. The van der Waals surface area contributed by atoms with Crippen LogP contribution >= 0.6 is 0 Å². The molecule has 0 aromatic heterocycles. The van der Waals surface area contributed by atoms with Crippen LogP contribution in [0, 0.1) is 11.8 Å². The van der Waals surface area contributed by atoms with Gasteiger partial charge in [-0.3, -0.25) is 0 Å². The van der Waals surface area contributed by atoms with Gasteiger partial charge in [-0.2, -0.15) is 0 Å². The normalized spacial score (nSPS) is 29.9. The Morgan fingerprint density at radius 2 is 1.61 bits per heavy atom. The number of rotatable bonds is 3. The third-order valence-corrected chi connectivity index (χ3v) is 3.84. The summed E-state index contributed by atoms with van der Waals surface area (Å²) in [5, 5.41) is 0. The van der Waals surface area contributed by atoms with E-state index < -0.39 is 0 Å². The van der Waals surface area contributed by atoms with Crippen LogP contribution in [0.25, 0.3) is 0 Å². The maximum Gasteiger partial charge on any atom is 0.119 e. The SMILES string of the molecule is CC1CC(C)CC(Oc2ccc([C@H](C)N)cc2)C1. The quantitative estimate of drug-likeness (QED) is 0.879. The highest BCUT2D eigenvalue weighted by atomic mass is 16.5. The molecule has 3 atom stereocenters. The average Bonchev–Trinajstić information content (AvgIpc) is 2.28. The predicted molar refractivity (Wildman–Crippen MR) is 75.6 cm³/mol. The van der Waals surface area contributed by atoms with E-state index in [0.29, 0.717) is 6.10 Å². The lowest BCUT2D eigenvalue weighted by Crippen LogP contribution is -2.28. The minimum Gasteiger partial charge on any atom is -0.490 e. The van der Waals surface area contributed by atoms with Crippen molar-refractivity contribution in [1.29, 1.82) is 0 Å². The van der Waals surface area contributed by atoms with Gasteiger partial charge in [0.15, 0.2) is 0 Å². The van der Waals surface area contributed by atoms with Gasteiger partial charge in [-0.05, 0) is 55.7 Å². The Hall–Kier alpha value is -1.02. The summed E-state index contributed by atoms with van der Waals surface area (Å²) in [6.45, 7) is 6.65. The summed E-state index contributed by atoms with van der Waals surface area (Å²) < 4.78 is 6.09. The molecule has 0 heterocycles. The van der Waals surface area contributed by atoms with E-state index >= 15 is 0 Å². The lowest BCUT2D eigenvalue weighted by molar-refractivity contribution is 0.101. The first-order valence-corrected chi connectivity index (χ1v) is 7.06. The molecule has 0 saturated heterocycles. The molecule has 2 unspecified atom stereocenters. The highest BCUT2D eigenvalue weighted by Crippen LogP contribution is 2.31. The number of ether oxygens (including phenoxy) is 1. The fourth-order valence-corrected chi connectivity index (χ4v) is 3.01. The molecule has 0 amide bonds. The van der Waals surface area contributed by atoms with E-state index in [1.807, 2.05) is 19.1 Å². The molecule has 1 aliphatic rings. The van der Waals surface area contributed by atoms with Gasteiger partial charge in [0.05, 0.1) is 6.10 Å². The van der Waals surface area contributed by atoms with Crippen LogP contribution in [0.3, 0.4) is 0 Å². The third-order valence-electron chi connectivity index (χ3n) is 3.84. The number of hydrogen-bond acceptors (Lipinski definition) is 2. The lowest BCUT2D eigenvalue weighted by atomic mass is 9.82. The van der Waals surface area contributed by atoms with E-state index in [4.69, 9.17) is 10.5 Å². The van der Waals surface area contributed by atoms with Crippen LogP contribution in [0.5, 0.6) is 5.75 Å². The average molecular weight is 247 g/mol. The van der Waals surface area contributed by atoms with E-state index in [9.17, 15) is 0 Å². The number of hydrogen-bond donors (Lipinski definition) is 1. The van der Waals surface area contributed by atoms with Gasteiger partial charge >= 0.3 is 0 Å². The van der Waals surface area contributed by atoms with Gasteiger partial charge in [-0.1, -0.05) is 26.0 Å². The van der Waals surface area contributed by atoms with Crippen molar-refractivity contribution < 1.29 is 4.74 Å². The Bertz CT molecular complexity index is 361. The van der Waals surface area contributed by atoms with E-state index in [1.165, 1.54) is 19.3 Å². The Morgan fingerprint density at radius 1 is 1.06 bits per heavy atom. The molecule has 0 bridgehead atoms. The molecule has 2 N–H and O–H groups in total. The minimum atomic E-state index is 0.0915. The monoisotopic (exact) mass is 247 g/mol. The second kappa shape index (κ2) is 5.75. The number of benzene rings is 1. The van der Waals surface area contributed by atoms with Crippen molar-refractivity contribution in [2.45, 2.75) is 52.2 Å². The Labute approximate surface area is 111 Å². The number of nitrogens with two attached hydrogens (primary N) is 1. The second-order valence-corrected chi connectivity index (χ2v) is 6.02. The van der Waals surface area contributed by atoms with Gasteiger partial charge in [0.25, 0.3) is 0 Å². The van der Waals surface area contributed by atoms with Gasteiger partial charge in [-0.25, -0.2) is 0 Å². The van der Waals surface area contributed by atoms with Gasteiger partial charge < -0.3 is 10.5 Å². The van der Waals surface area contributed by atoms with Gasteiger partial charge in [-0.15, -0.1) is 0 Å². The maximum atomic E-state index is 6.09. The first-order valence-electron chi connectivity index (χ1n) is 7.06. The molecule has 2 rings (SSSR count). The molecule has 2 nitrogen and oxygen atoms in total. The van der Waals surface area contributed by atoms with Crippen molar-refractivity contribution >= 4 is 0 Å². The van der Waals surface area contributed by atoms with Crippen LogP contribution in [0.2, 0.25) is 0 Å². The molecule has 0 spiro atoms. The van der Waals surface area contributed by atoms with E-state index in [2.05, 4.69) is 26.0 Å². The minimum absolute atomic E-state index is 0.0915. The molecule has 1 fully saturated rings. The van der Waals surface area contributed by atoms with Crippen molar-refractivity contribution in [3.8, 4) is 5.75 Å². The molecule has 18 heavy (non-hydrogen) atoms. The molecule has 1 aliphatic carbocycles. The summed E-state index contributed by atoms with van der Waals surface area (Å²) in [5.74, 6) is 2.54. The van der Waals surface area contributed by atoms with Crippen molar-refractivity contribution in [1.82, 2.24) is 0 Å². The van der Waals surface area contributed by atoms with E-state index in [-0.39, 0.29) is 6.04 Å². The first-order chi connectivity index (χ1) is 8.54. The fraction of sp³-hybridized carbons (Fsp3) is 0.625. The van der Waals surface area contributed by atoms with Gasteiger partial charge in [0.2, 0.25) is 0 Å². The zero-order chi connectivity index (χ0) is 13.1. The van der Waals surface area contributed by atoms with Crippen LogP contribution in [0.4, 0.5) is 0 Å². The highest BCUT2D eigenvalue weighted by Gasteiger charge is 2.25. The third kappa shape index (κ3) is 3.49. The molecule has 2 heteroatoms. The molecule has 1 aromatic carbocycles. The van der Waals surface area contributed by atoms with E-state index in [0.717, 1.165) is 23.1 Å². The molecule has 100 valence electrons. The highest BCUT2D eigenvalue weighted by molar-refractivity contribution is 5.28. The van der Waals surface area contributed by atoms with Crippen molar-refractivity contribution in [3.63, 3.8) is 0 Å². The summed E-state index contributed by atoms with van der Waals surface area (Å²) in [7, 11) is 0. The summed E-state index contributed by atoms with van der Waals surface area (Å²) >= 11 is 0. The maximum absolute atomic E-state index is 6.09. The molecular weight excluding hydrogens is 222 g/mol. The largest absolute Gasteiger partial charge is 0.490 e. The van der Waals surface area contributed by atoms with Crippen molar-refractivity contribution in [2.24, 2.45) is 17.6 Å². The van der Waals surface area contributed by atoms with Crippen LogP contribution in [-0.2, 0) is 0 Å². The van der Waals surface area contributed by atoms with E-state index in [1.54, 1.807) is 0 Å².